The summed E-state index contributed by atoms with van der Waals surface area (Å²) in [5.41, 5.74) is 3.46. The number of carbonyl (C=O) groups excluding carboxylic acids is 2. The molecule has 2 aromatic rings. The van der Waals surface area contributed by atoms with Crippen molar-refractivity contribution in [3.63, 3.8) is 0 Å². The predicted octanol–water partition coefficient (Wildman–Crippen LogP) is 4.01. The summed E-state index contributed by atoms with van der Waals surface area (Å²) in [7, 11) is 1.64. The van der Waals surface area contributed by atoms with Crippen molar-refractivity contribution in [1.29, 1.82) is 0 Å². The zero-order valence-corrected chi connectivity index (χ0v) is 15.6. The van der Waals surface area contributed by atoms with Crippen molar-refractivity contribution in [2.24, 2.45) is 21.7 Å². The van der Waals surface area contributed by atoms with Crippen molar-refractivity contribution in [2.75, 3.05) is 7.11 Å². The van der Waals surface area contributed by atoms with Crippen molar-refractivity contribution in [3.05, 3.63) is 53.9 Å². The number of nitrogens with one attached hydrogen (secondary N) is 1. The number of nitrogens with zero attached hydrogens (tertiary/aromatic N) is 1. The largest absolute Gasteiger partial charge is 0.497 e. The number of ether oxygens (including phenoxy) is 1. The lowest BCUT2D eigenvalue weighted by Gasteiger charge is -2.27. The molecule has 5 nitrogen and oxygen atoms in total. The van der Waals surface area contributed by atoms with Crippen LogP contribution in [0.15, 0.2) is 53.2 Å². The first kappa shape index (κ1) is 16.0. The molecule has 5 heteroatoms. The van der Waals surface area contributed by atoms with E-state index in [1.54, 1.807) is 7.11 Å². The fraction of sp³-hybridized carbons (Fsp3) is 0.348. The van der Waals surface area contributed by atoms with E-state index in [-0.39, 0.29) is 22.5 Å². The van der Waals surface area contributed by atoms with E-state index in [0.29, 0.717) is 24.3 Å². The van der Waals surface area contributed by atoms with Crippen LogP contribution < -0.4 is 4.74 Å². The van der Waals surface area contributed by atoms with Gasteiger partial charge in [0, 0.05) is 51.9 Å². The minimum absolute atomic E-state index is 0.0986. The first-order valence-corrected chi connectivity index (χ1v) is 9.75. The van der Waals surface area contributed by atoms with Crippen LogP contribution in [-0.4, -0.2) is 29.4 Å². The summed E-state index contributed by atoms with van der Waals surface area (Å²) >= 11 is 0. The van der Waals surface area contributed by atoms with Crippen molar-refractivity contribution in [2.45, 2.75) is 25.7 Å². The fourth-order valence-corrected chi connectivity index (χ4v) is 5.64. The average molecular weight is 372 g/mol. The molecular formula is C23H20N2O3. The molecule has 1 N–H and O–H groups in total. The second kappa shape index (κ2) is 5.10. The lowest BCUT2D eigenvalue weighted by Crippen LogP contribution is -2.30. The molecule has 0 saturated heterocycles. The van der Waals surface area contributed by atoms with Crippen molar-refractivity contribution < 1.29 is 14.3 Å². The minimum atomic E-state index is -0.190. The average Bonchev–Trinajstić information content (AvgIpc) is 3.03. The van der Waals surface area contributed by atoms with Crippen LogP contribution in [0, 0.1) is 16.7 Å². The highest BCUT2D eigenvalue weighted by atomic mass is 16.5. The van der Waals surface area contributed by atoms with E-state index in [1.165, 1.54) is 0 Å². The number of hydrogen-bond acceptors (Lipinski definition) is 4. The molecule has 1 saturated carbocycles. The zero-order valence-electron chi connectivity index (χ0n) is 15.6. The minimum Gasteiger partial charge on any atom is -0.497 e. The molecule has 3 unspecified atom stereocenters. The van der Waals surface area contributed by atoms with Crippen LogP contribution in [0.3, 0.4) is 0 Å². The number of hydrogen-bond donors (Lipinski definition) is 1. The third-order valence-electron chi connectivity index (χ3n) is 7.12. The van der Waals surface area contributed by atoms with Crippen LogP contribution in [0.2, 0.25) is 0 Å². The molecule has 2 heterocycles. The van der Waals surface area contributed by atoms with Gasteiger partial charge in [0.25, 0.3) is 0 Å². The number of H-pyrrole nitrogens is 1. The highest BCUT2D eigenvalue weighted by molar-refractivity contribution is 6.11. The molecule has 2 spiro atoms. The van der Waals surface area contributed by atoms with Gasteiger partial charge in [-0.05, 0) is 43.2 Å². The molecule has 6 rings (SSSR count). The van der Waals surface area contributed by atoms with Crippen LogP contribution in [0.4, 0.5) is 0 Å². The Kier molecular flexibility index (Phi) is 2.92. The topological polar surface area (TPSA) is 71.5 Å². The van der Waals surface area contributed by atoms with Crippen LogP contribution in [0.5, 0.6) is 5.75 Å². The third-order valence-corrected chi connectivity index (χ3v) is 7.12. The van der Waals surface area contributed by atoms with Crippen LogP contribution in [0.25, 0.3) is 10.9 Å². The van der Waals surface area contributed by atoms with Gasteiger partial charge in [-0.2, -0.15) is 0 Å². The molecule has 0 bridgehead atoms. The maximum atomic E-state index is 13.3. The second-order valence-corrected chi connectivity index (χ2v) is 8.52. The third kappa shape index (κ3) is 1.89. The number of rotatable bonds is 3. The van der Waals surface area contributed by atoms with E-state index in [9.17, 15) is 9.59 Å². The Morgan fingerprint density at radius 3 is 3.04 bits per heavy atom. The van der Waals surface area contributed by atoms with Gasteiger partial charge in [0.05, 0.1) is 12.8 Å². The van der Waals surface area contributed by atoms with Gasteiger partial charge in [0.2, 0.25) is 0 Å². The molecule has 3 atom stereocenters. The number of ketones is 2. The van der Waals surface area contributed by atoms with E-state index < -0.39 is 0 Å². The molecule has 1 aromatic carbocycles. The van der Waals surface area contributed by atoms with Gasteiger partial charge < -0.3 is 9.72 Å². The number of methoxy groups -OCH3 is 1. The number of fused-ring (bicyclic) bond motifs is 1. The van der Waals surface area contributed by atoms with Gasteiger partial charge in [0.15, 0.2) is 5.78 Å². The Morgan fingerprint density at radius 1 is 1.29 bits per heavy atom. The van der Waals surface area contributed by atoms with E-state index in [1.807, 2.05) is 42.5 Å². The summed E-state index contributed by atoms with van der Waals surface area (Å²) in [6.07, 6.45) is 8.78. The molecular weight excluding hydrogens is 352 g/mol. The Bertz CT molecular complexity index is 1170. The number of aromatic nitrogens is 1. The molecule has 1 aliphatic heterocycles. The molecule has 0 radical (unpaired) electrons. The number of allylic oxidation sites excluding steroid dienone is 4. The lowest BCUT2D eigenvalue weighted by atomic mass is 9.73. The Balaban J connectivity index is 1.33. The number of aromatic amines is 1. The molecule has 4 aliphatic rings. The number of aliphatic imine (C=N–C) groups is 1. The Labute approximate surface area is 162 Å². The van der Waals surface area contributed by atoms with E-state index in [0.717, 1.165) is 40.9 Å². The van der Waals surface area contributed by atoms with Crippen LogP contribution >= 0.6 is 0 Å². The normalized spacial score (nSPS) is 32.3. The summed E-state index contributed by atoms with van der Waals surface area (Å²) in [6, 6.07) is 7.65. The van der Waals surface area contributed by atoms with Crippen molar-refractivity contribution in [3.8, 4) is 5.75 Å². The summed E-state index contributed by atoms with van der Waals surface area (Å²) in [6.45, 7) is 0. The number of carbonyl (C=O) groups is 2. The zero-order chi connectivity index (χ0) is 19.1. The molecule has 28 heavy (non-hydrogen) atoms. The summed E-state index contributed by atoms with van der Waals surface area (Å²) in [5, 5.41) is 0.967. The van der Waals surface area contributed by atoms with Crippen molar-refractivity contribution >= 4 is 28.2 Å². The quantitative estimate of drug-likeness (QED) is 0.828. The van der Waals surface area contributed by atoms with Gasteiger partial charge in [0.1, 0.15) is 11.5 Å². The highest BCUT2D eigenvalue weighted by Crippen LogP contribution is 2.78. The molecule has 1 fully saturated rings. The fourth-order valence-electron chi connectivity index (χ4n) is 5.64. The number of benzene rings is 1. The second-order valence-electron chi connectivity index (χ2n) is 8.52. The first-order chi connectivity index (χ1) is 13.5. The van der Waals surface area contributed by atoms with Gasteiger partial charge in [-0.1, -0.05) is 12.2 Å². The van der Waals surface area contributed by atoms with E-state index >= 15 is 0 Å². The highest BCUT2D eigenvalue weighted by Gasteiger charge is 2.75. The maximum absolute atomic E-state index is 13.3. The Morgan fingerprint density at radius 2 is 2.18 bits per heavy atom. The predicted molar refractivity (Wildman–Crippen MR) is 106 cm³/mol. The maximum Gasteiger partial charge on any atom is 0.185 e. The Hall–Kier alpha value is -2.95. The molecule has 140 valence electrons. The number of Topliss-reactive ketones (excluding diaryl/α,β-unsaturated/α-hetero) is 2. The SMILES string of the molecule is COc1ccc2[nH]c(C(=O)C3C=CC4=NC5=CCC(=O)CC56CC46C3)cc2c1. The van der Waals surface area contributed by atoms with E-state index in [2.05, 4.69) is 4.98 Å². The van der Waals surface area contributed by atoms with Crippen molar-refractivity contribution in [1.82, 2.24) is 4.98 Å². The van der Waals surface area contributed by atoms with Gasteiger partial charge in [-0.25, -0.2) is 0 Å². The van der Waals surface area contributed by atoms with Gasteiger partial charge in [-0.15, -0.1) is 0 Å². The molecule has 0 amide bonds. The van der Waals surface area contributed by atoms with Gasteiger partial charge >= 0.3 is 0 Å². The summed E-state index contributed by atoms with van der Waals surface area (Å²) in [5.74, 6) is 0.972. The smallest absolute Gasteiger partial charge is 0.185 e. The van der Waals surface area contributed by atoms with Crippen LogP contribution in [0.1, 0.15) is 36.2 Å². The monoisotopic (exact) mass is 372 g/mol. The van der Waals surface area contributed by atoms with Crippen LogP contribution in [-0.2, 0) is 4.79 Å². The first-order valence-electron chi connectivity index (χ1n) is 9.75. The molecule has 3 aliphatic carbocycles. The summed E-state index contributed by atoms with van der Waals surface area (Å²) < 4.78 is 5.28. The van der Waals surface area contributed by atoms with Gasteiger partial charge in [-0.3, -0.25) is 14.6 Å². The molecule has 1 aromatic heterocycles. The summed E-state index contributed by atoms with van der Waals surface area (Å²) in [4.78, 5) is 33.4. The van der Waals surface area contributed by atoms with E-state index in [4.69, 9.17) is 9.73 Å². The standard InChI is InChI=1S/C23H20N2O3/c1-28-16-4-5-17-14(8-16)9-18(24-17)21(27)13-2-6-19-22(10-13)12-23(22)11-15(26)3-7-20(23)25-19/h2,4-9,13,24H,3,10-12H2,1H3. The lowest BCUT2D eigenvalue weighted by molar-refractivity contribution is -0.119.